The molecular weight excluding hydrogens is 338 g/mol. The summed E-state index contributed by atoms with van der Waals surface area (Å²) < 4.78 is 0. The quantitative estimate of drug-likeness (QED) is 0.891. The number of aromatic nitrogens is 1. The average Bonchev–Trinajstić information content (AvgIpc) is 3.12. The maximum absolute atomic E-state index is 13.4. The molecule has 5 heterocycles. The van der Waals surface area contributed by atoms with Gasteiger partial charge in [0.1, 0.15) is 5.75 Å². The van der Waals surface area contributed by atoms with Gasteiger partial charge in [-0.15, -0.1) is 0 Å². The Morgan fingerprint density at radius 1 is 1.15 bits per heavy atom. The highest BCUT2D eigenvalue weighted by Crippen LogP contribution is 2.47. The number of aryl methyl sites for hydroxylation is 1. The second-order valence-corrected chi connectivity index (χ2v) is 8.20. The molecule has 4 saturated heterocycles. The summed E-state index contributed by atoms with van der Waals surface area (Å²) >= 11 is 0. The number of nitrogens with zero attached hydrogens (tertiary/aromatic N) is 3. The summed E-state index contributed by atoms with van der Waals surface area (Å²) in [5.74, 6) is 1.21. The molecule has 6 rings (SSSR count). The van der Waals surface area contributed by atoms with Crippen molar-refractivity contribution in [1.29, 1.82) is 0 Å². The molecule has 4 fully saturated rings. The van der Waals surface area contributed by atoms with Crippen LogP contribution in [0.3, 0.4) is 0 Å². The van der Waals surface area contributed by atoms with Gasteiger partial charge in [-0.2, -0.15) is 0 Å². The summed E-state index contributed by atoms with van der Waals surface area (Å²) in [5, 5.41) is 9.98. The standard InChI is InChI=1S/C22H25N3O2/c1-14-5-6-17(12-23-14)22(27)25-13-19(16-3-2-4-18(26)11-16)21-20(25)15-7-9-24(21)10-8-15/h2-6,11-12,15,19-21,26H,7-10,13H2,1H3/t19-,20+,21+/m1/s1. The van der Waals surface area contributed by atoms with E-state index in [1.54, 1.807) is 12.3 Å². The van der Waals surface area contributed by atoms with Gasteiger partial charge in [0, 0.05) is 30.4 Å². The third-order valence-corrected chi connectivity index (χ3v) is 6.71. The molecule has 3 atom stereocenters. The smallest absolute Gasteiger partial charge is 0.255 e. The molecule has 5 nitrogen and oxygen atoms in total. The number of likely N-dealkylation sites (tertiary alicyclic amines) is 1. The average molecular weight is 363 g/mol. The molecule has 4 aliphatic rings. The first-order chi connectivity index (χ1) is 13.1. The van der Waals surface area contributed by atoms with Crippen LogP contribution in [0.25, 0.3) is 0 Å². The van der Waals surface area contributed by atoms with Crippen molar-refractivity contribution in [3.05, 3.63) is 59.4 Å². The normalized spacial score (nSPS) is 31.7. The summed E-state index contributed by atoms with van der Waals surface area (Å²) in [6, 6.07) is 12.0. The van der Waals surface area contributed by atoms with Crippen LogP contribution in [0.1, 0.15) is 40.4 Å². The lowest BCUT2D eigenvalue weighted by molar-refractivity contribution is -0.00343. The van der Waals surface area contributed by atoms with Crippen molar-refractivity contribution in [2.75, 3.05) is 19.6 Å². The van der Waals surface area contributed by atoms with E-state index in [1.807, 2.05) is 31.2 Å². The van der Waals surface area contributed by atoms with E-state index in [9.17, 15) is 9.90 Å². The first kappa shape index (κ1) is 16.8. The maximum Gasteiger partial charge on any atom is 0.255 e. The summed E-state index contributed by atoms with van der Waals surface area (Å²) in [7, 11) is 0. The Hall–Kier alpha value is -2.40. The lowest BCUT2D eigenvalue weighted by Crippen LogP contribution is -2.60. The number of phenols is 1. The highest BCUT2D eigenvalue weighted by Gasteiger charge is 2.54. The predicted molar refractivity (Wildman–Crippen MR) is 103 cm³/mol. The molecule has 2 bridgehead atoms. The predicted octanol–water partition coefficient (Wildman–Crippen LogP) is 2.80. The minimum absolute atomic E-state index is 0.0916. The molecule has 4 aliphatic heterocycles. The zero-order chi connectivity index (χ0) is 18.5. The van der Waals surface area contributed by atoms with E-state index >= 15 is 0 Å². The number of carbonyl (C=O) groups is 1. The third-order valence-electron chi connectivity index (χ3n) is 6.71. The van der Waals surface area contributed by atoms with Crippen LogP contribution in [0.4, 0.5) is 0 Å². The number of aromatic hydroxyl groups is 1. The van der Waals surface area contributed by atoms with Gasteiger partial charge in [0.2, 0.25) is 0 Å². The van der Waals surface area contributed by atoms with Gasteiger partial charge in [0.15, 0.2) is 0 Å². The summed E-state index contributed by atoms with van der Waals surface area (Å²) in [5.41, 5.74) is 2.73. The van der Waals surface area contributed by atoms with Crippen molar-refractivity contribution in [3.63, 3.8) is 0 Å². The second kappa shape index (κ2) is 6.34. The molecule has 0 spiro atoms. The molecule has 1 N–H and O–H groups in total. The van der Waals surface area contributed by atoms with Crippen LogP contribution >= 0.6 is 0 Å². The fourth-order valence-corrected chi connectivity index (χ4v) is 5.46. The van der Waals surface area contributed by atoms with Crippen molar-refractivity contribution in [2.45, 2.75) is 37.8 Å². The fraction of sp³-hybridized carbons (Fsp3) is 0.455. The number of hydrogen-bond acceptors (Lipinski definition) is 4. The van der Waals surface area contributed by atoms with Crippen LogP contribution in [0.5, 0.6) is 5.75 Å². The number of piperidine rings is 3. The Morgan fingerprint density at radius 2 is 1.96 bits per heavy atom. The number of hydrogen-bond donors (Lipinski definition) is 1. The van der Waals surface area contributed by atoms with Gasteiger partial charge in [-0.1, -0.05) is 12.1 Å². The maximum atomic E-state index is 13.4. The van der Waals surface area contributed by atoms with Gasteiger partial charge in [-0.05, 0) is 68.6 Å². The molecule has 2 aromatic rings. The minimum Gasteiger partial charge on any atom is -0.508 e. The van der Waals surface area contributed by atoms with Gasteiger partial charge in [0.05, 0.1) is 11.6 Å². The fourth-order valence-electron chi connectivity index (χ4n) is 5.46. The molecule has 140 valence electrons. The second-order valence-electron chi connectivity index (χ2n) is 8.20. The Morgan fingerprint density at radius 3 is 2.67 bits per heavy atom. The van der Waals surface area contributed by atoms with Gasteiger partial charge >= 0.3 is 0 Å². The topological polar surface area (TPSA) is 56.7 Å². The molecular formula is C22H25N3O2. The van der Waals surface area contributed by atoms with E-state index in [1.165, 1.54) is 12.8 Å². The number of benzene rings is 1. The SMILES string of the molecule is Cc1ccc(C(=O)N2C[C@H](c3cccc(O)c3)[C@H]3[C@@H]2C2CCN3CC2)cn1. The number of rotatable bonds is 2. The largest absolute Gasteiger partial charge is 0.508 e. The molecule has 0 unspecified atom stereocenters. The number of pyridine rings is 1. The molecule has 0 aliphatic carbocycles. The molecule has 5 heteroatoms. The Bertz CT molecular complexity index is 858. The van der Waals surface area contributed by atoms with Crippen molar-refractivity contribution < 1.29 is 9.90 Å². The van der Waals surface area contributed by atoms with Crippen LogP contribution < -0.4 is 0 Å². The highest BCUT2D eigenvalue weighted by molar-refractivity contribution is 5.94. The van der Waals surface area contributed by atoms with Gasteiger partial charge in [-0.3, -0.25) is 14.7 Å². The zero-order valence-electron chi connectivity index (χ0n) is 15.6. The van der Waals surface area contributed by atoms with Gasteiger partial charge < -0.3 is 10.0 Å². The molecule has 1 amide bonds. The van der Waals surface area contributed by atoms with Gasteiger partial charge in [-0.25, -0.2) is 0 Å². The van der Waals surface area contributed by atoms with E-state index in [-0.39, 0.29) is 17.9 Å². The molecule has 1 aromatic carbocycles. The summed E-state index contributed by atoms with van der Waals surface area (Å²) in [6.45, 7) is 4.88. The first-order valence-corrected chi connectivity index (χ1v) is 9.88. The van der Waals surface area contributed by atoms with E-state index in [0.717, 1.165) is 24.3 Å². The van der Waals surface area contributed by atoms with Crippen LogP contribution in [-0.4, -0.2) is 57.5 Å². The Kier molecular flexibility index (Phi) is 3.93. The number of phenolic OH excluding ortho intramolecular Hbond substituents is 1. The van der Waals surface area contributed by atoms with Crippen molar-refractivity contribution in [3.8, 4) is 5.75 Å². The Labute approximate surface area is 159 Å². The van der Waals surface area contributed by atoms with Crippen molar-refractivity contribution in [2.24, 2.45) is 5.92 Å². The van der Waals surface area contributed by atoms with Crippen molar-refractivity contribution >= 4 is 5.91 Å². The van der Waals surface area contributed by atoms with Gasteiger partial charge in [0.25, 0.3) is 5.91 Å². The monoisotopic (exact) mass is 363 g/mol. The van der Waals surface area contributed by atoms with Crippen molar-refractivity contribution in [1.82, 2.24) is 14.8 Å². The summed E-state index contributed by atoms with van der Waals surface area (Å²) in [4.78, 5) is 22.3. The number of amides is 1. The third kappa shape index (κ3) is 2.72. The van der Waals surface area contributed by atoms with Crippen LogP contribution in [0.2, 0.25) is 0 Å². The number of fused-ring (bicyclic) bond motifs is 2. The van der Waals surface area contributed by atoms with E-state index in [4.69, 9.17) is 0 Å². The lowest BCUT2D eigenvalue weighted by atomic mass is 9.75. The van der Waals surface area contributed by atoms with Crippen LogP contribution in [-0.2, 0) is 0 Å². The molecule has 0 saturated carbocycles. The zero-order valence-corrected chi connectivity index (χ0v) is 15.6. The Balaban J connectivity index is 1.52. The van der Waals surface area contributed by atoms with E-state index < -0.39 is 0 Å². The first-order valence-electron chi connectivity index (χ1n) is 9.88. The molecule has 0 radical (unpaired) electrons. The number of carbonyl (C=O) groups excluding carboxylic acids is 1. The highest BCUT2D eigenvalue weighted by atomic mass is 16.3. The molecule has 1 aromatic heterocycles. The lowest BCUT2D eigenvalue weighted by Gasteiger charge is -2.51. The summed E-state index contributed by atoms with van der Waals surface area (Å²) in [6.07, 6.45) is 4.05. The van der Waals surface area contributed by atoms with E-state index in [0.29, 0.717) is 29.8 Å². The minimum atomic E-state index is 0.0916. The molecule has 27 heavy (non-hydrogen) atoms. The van der Waals surface area contributed by atoms with E-state index in [2.05, 4.69) is 20.9 Å². The van der Waals surface area contributed by atoms with Crippen LogP contribution in [0, 0.1) is 12.8 Å². The van der Waals surface area contributed by atoms with Crippen LogP contribution in [0.15, 0.2) is 42.6 Å².